The number of rotatable bonds is 4. The molecule has 0 aliphatic heterocycles. The van der Waals surface area contributed by atoms with Crippen LogP contribution in [-0.4, -0.2) is 30.8 Å². The van der Waals surface area contributed by atoms with Crippen LogP contribution in [-0.2, 0) is 6.54 Å². The highest BCUT2D eigenvalue weighted by atomic mass is 15.3. The summed E-state index contributed by atoms with van der Waals surface area (Å²) in [6, 6.07) is 0.203. The molecular formula is C8H13N7. The van der Waals surface area contributed by atoms with Crippen LogP contribution in [0.2, 0.25) is 0 Å². The summed E-state index contributed by atoms with van der Waals surface area (Å²) in [4.78, 5) is 7.92. The first kappa shape index (κ1) is 9.50. The van der Waals surface area contributed by atoms with Crippen molar-refractivity contribution >= 4 is 11.9 Å². The van der Waals surface area contributed by atoms with E-state index in [9.17, 15) is 0 Å². The number of hydrogen-bond acceptors (Lipinski definition) is 5. The topological polar surface area (TPSA) is 97.4 Å². The molecule has 2 aromatic rings. The number of hydrogen-bond donors (Lipinski definition) is 3. The zero-order chi connectivity index (χ0) is 10.7. The summed E-state index contributed by atoms with van der Waals surface area (Å²) in [5, 5.41) is 9.57. The highest BCUT2D eigenvalue weighted by molar-refractivity contribution is 5.30. The molecule has 1 unspecified atom stereocenters. The molecule has 0 aliphatic carbocycles. The molecule has 0 saturated carbocycles. The van der Waals surface area contributed by atoms with Crippen LogP contribution in [0.5, 0.6) is 0 Å². The van der Waals surface area contributed by atoms with Crippen molar-refractivity contribution in [2.75, 3.05) is 11.1 Å². The summed E-state index contributed by atoms with van der Waals surface area (Å²) in [5.74, 6) is 0.826. The Bertz CT molecular complexity index is 404. The molecule has 2 rings (SSSR count). The number of nitrogen functional groups attached to an aromatic ring is 1. The fourth-order valence-corrected chi connectivity index (χ4v) is 1.32. The summed E-state index contributed by atoms with van der Waals surface area (Å²) in [7, 11) is 0. The van der Waals surface area contributed by atoms with E-state index in [1.807, 2.05) is 17.7 Å². The summed E-state index contributed by atoms with van der Waals surface area (Å²) in [5.41, 5.74) is 5.41. The van der Waals surface area contributed by atoms with E-state index in [2.05, 4.69) is 25.5 Å². The number of aromatic nitrogens is 5. The Labute approximate surface area is 86.7 Å². The van der Waals surface area contributed by atoms with Crippen LogP contribution >= 0.6 is 0 Å². The van der Waals surface area contributed by atoms with Crippen molar-refractivity contribution in [3.8, 4) is 0 Å². The molecule has 0 aliphatic rings. The van der Waals surface area contributed by atoms with E-state index in [0.717, 1.165) is 6.54 Å². The maximum Gasteiger partial charge on any atom is 0.243 e. The van der Waals surface area contributed by atoms with Gasteiger partial charge in [0.2, 0.25) is 11.9 Å². The van der Waals surface area contributed by atoms with Gasteiger partial charge in [-0.05, 0) is 6.92 Å². The molecule has 0 fully saturated rings. The van der Waals surface area contributed by atoms with Crippen LogP contribution in [0.1, 0.15) is 6.92 Å². The molecule has 15 heavy (non-hydrogen) atoms. The summed E-state index contributed by atoms with van der Waals surface area (Å²) in [6.07, 6.45) is 5.42. The molecule has 0 radical (unpaired) electrons. The van der Waals surface area contributed by atoms with Crippen LogP contribution in [0, 0.1) is 0 Å². The summed E-state index contributed by atoms with van der Waals surface area (Å²) in [6.45, 7) is 2.83. The smallest absolute Gasteiger partial charge is 0.243 e. The van der Waals surface area contributed by atoms with Crippen LogP contribution in [0.15, 0.2) is 18.7 Å². The van der Waals surface area contributed by atoms with Crippen molar-refractivity contribution < 1.29 is 0 Å². The van der Waals surface area contributed by atoms with Crippen molar-refractivity contribution in [1.82, 2.24) is 24.7 Å². The van der Waals surface area contributed by atoms with Gasteiger partial charge in [0.15, 0.2) is 0 Å². The lowest BCUT2D eigenvalue weighted by Crippen LogP contribution is -2.21. The van der Waals surface area contributed by atoms with Gasteiger partial charge in [-0.1, -0.05) is 0 Å². The number of imidazole rings is 1. The minimum atomic E-state index is 0.203. The Kier molecular flexibility index (Phi) is 2.53. The highest BCUT2D eigenvalue weighted by Gasteiger charge is 2.05. The Morgan fingerprint density at radius 3 is 3.13 bits per heavy atom. The zero-order valence-corrected chi connectivity index (χ0v) is 8.38. The molecule has 0 saturated heterocycles. The lowest BCUT2D eigenvalue weighted by atomic mass is 10.3. The van der Waals surface area contributed by atoms with E-state index >= 15 is 0 Å². The third-order valence-electron chi connectivity index (χ3n) is 1.92. The van der Waals surface area contributed by atoms with Gasteiger partial charge in [-0.2, -0.15) is 4.98 Å². The van der Waals surface area contributed by atoms with Crippen LogP contribution < -0.4 is 11.1 Å². The van der Waals surface area contributed by atoms with Crippen molar-refractivity contribution in [1.29, 1.82) is 0 Å². The van der Waals surface area contributed by atoms with Crippen molar-refractivity contribution in [2.24, 2.45) is 0 Å². The van der Waals surface area contributed by atoms with Gasteiger partial charge in [-0.3, -0.25) is 0 Å². The lowest BCUT2D eigenvalue weighted by Gasteiger charge is -2.12. The van der Waals surface area contributed by atoms with E-state index in [0.29, 0.717) is 11.9 Å². The second-order valence-corrected chi connectivity index (χ2v) is 3.35. The number of nitrogens with one attached hydrogen (secondary N) is 2. The van der Waals surface area contributed by atoms with Crippen molar-refractivity contribution in [3.63, 3.8) is 0 Å². The van der Waals surface area contributed by atoms with E-state index in [1.165, 1.54) is 0 Å². The fraction of sp³-hybridized carbons (Fsp3) is 0.375. The quantitative estimate of drug-likeness (QED) is 0.659. The summed E-state index contributed by atoms with van der Waals surface area (Å²) >= 11 is 0. The van der Waals surface area contributed by atoms with Gasteiger partial charge in [-0.15, -0.1) is 5.10 Å². The normalized spacial score (nSPS) is 12.6. The molecule has 80 valence electrons. The van der Waals surface area contributed by atoms with Gasteiger partial charge in [0.25, 0.3) is 0 Å². The minimum absolute atomic E-state index is 0.203. The van der Waals surface area contributed by atoms with Crippen LogP contribution in [0.3, 0.4) is 0 Å². The van der Waals surface area contributed by atoms with Gasteiger partial charge in [0, 0.05) is 25.0 Å². The number of aromatic amines is 1. The predicted octanol–water partition coefficient (Wildman–Crippen LogP) is 0.0840. The molecule has 7 heteroatoms. The molecule has 7 nitrogen and oxygen atoms in total. The average Bonchev–Trinajstić information content (AvgIpc) is 2.77. The van der Waals surface area contributed by atoms with Gasteiger partial charge in [-0.25, -0.2) is 10.1 Å². The number of nitrogens with two attached hydrogens (primary N) is 1. The molecule has 0 aromatic carbocycles. The maximum atomic E-state index is 5.41. The van der Waals surface area contributed by atoms with Gasteiger partial charge in [0.1, 0.15) is 0 Å². The molecule has 0 bridgehead atoms. The van der Waals surface area contributed by atoms with Gasteiger partial charge in [0.05, 0.1) is 6.33 Å². The summed E-state index contributed by atoms with van der Waals surface area (Å²) < 4.78 is 1.98. The molecule has 2 aromatic heterocycles. The third kappa shape index (κ3) is 2.46. The van der Waals surface area contributed by atoms with Gasteiger partial charge >= 0.3 is 0 Å². The standard InChI is InChI=1S/C8H13N7/c1-6(4-15-3-2-10-5-15)11-8-12-7(9)13-14-8/h2-3,5-6H,4H2,1H3,(H4,9,11,12,13,14). The largest absolute Gasteiger partial charge is 0.368 e. The Morgan fingerprint density at radius 1 is 1.67 bits per heavy atom. The van der Waals surface area contributed by atoms with Crippen molar-refractivity contribution in [2.45, 2.75) is 19.5 Å². The third-order valence-corrected chi connectivity index (χ3v) is 1.92. The second-order valence-electron chi connectivity index (χ2n) is 3.35. The van der Waals surface area contributed by atoms with Gasteiger partial charge < -0.3 is 15.6 Å². The molecule has 2 heterocycles. The first-order valence-corrected chi connectivity index (χ1v) is 4.64. The minimum Gasteiger partial charge on any atom is -0.368 e. The Balaban J connectivity index is 1.90. The SMILES string of the molecule is CC(Cn1ccnc1)Nc1n[nH]c(N)n1. The van der Waals surface area contributed by atoms with E-state index in [4.69, 9.17) is 5.73 Å². The highest BCUT2D eigenvalue weighted by Crippen LogP contribution is 2.02. The second kappa shape index (κ2) is 3.99. The first-order valence-electron chi connectivity index (χ1n) is 4.64. The maximum absolute atomic E-state index is 5.41. The molecule has 4 N–H and O–H groups in total. The molecular weight excluding hydrogens is 194 g/mol. The van der Waals surface area contributed by atoms with Crippen molar-refractivity contribution in [3.05, 3.63) is 18.7 Å². The predicted molar refractivity (Wildman–Crippen MR) is 56.1 cm³/mol. The Hall–Kier alpha value is -2.05. The van der Waals surface area contributed by atoms with Crippen LogP contribution in [0.4, 0.5) is 11.9 Å². The molecule has 0 spiro atoms. The average molecular weight is 207 g/mol. The number of nitrogens with zero attached hydrogens (tertiary/aromatic N) is 4. The molecule has 0 amide bonds. The number of H-pyrrole nitrogens is 1. The Morgan fingerprint density at radius 2 is 2.53 bits per heavy atom. The zero-order valence-electron chi connectivity index (χ0n) is 8.38. The molecule has 1 atom stereocenters. The van der Waals surface area contributed by atoms with Crippen LogP contribution in [0.25, 0.3) is 0 Å². The first-order chi connectivity index (χ1) is 7.24. The fourth-order valence-electron chi connectivity index (χ4n) is 1.32. The lowest BCUT2D eigenvalue weighted by molar-refractivity contribution is 0.615. The number of anilines is 2. The van der Waals surface area contributed by atoms with E-state index in [-0.39, 0.29) is 6.04 Å². The van der Waals surface area contributed by atoms with E-state index < -0.39 is 0 Å². The van der Waals surface area contributed by atoms with E-state index in [1.54, 1.807) is 12.5 Å². The monoisotopic (exact) mass is 207 g/mol.